The van der Waals surface area contributed by atoms with Crippen LogP contribution >= 0.6 is 0 Å². The molecule has 8 heteroatoms. The van der Waals surface area contributed by atoms with E-state index in [0.717, 1.165) is 16.7 Å². The van der Waals surface area contributed by atoms with Crippen molar-refractivity contribution >= 4 is 23.4 Å². The Bertz CT molecular complexity index is 1280. The molecule has 2 aromatic carbocycles. The van der Waals surface area contributed by atoms with Crippen LogP contribution in [0, 0.1) is 31.6 Å². The van der Waals surface area contributed by atoms with E-state index in [1.165, 1.54) is 0 Å². The lowest BCUT2D eigenvalue weighted by atomic mass is 9.65. The first-order valence-corrected chi connectivity index (χ1v) is 14.4. The molecule has 2 bridgehead atoms. The maximum absolute atomic E-state index is 14.4. The van der Waals surface area contributed by atoms with Gasteiger partial charge in [-0.25, -0.2) is 0 Å². The number of ether oxygens (including phenoxy) is 1. The van der Waals surface area contributed by atoms with E-state index >= 15 is 0 Å². The zero-order valence-electron chi connectivity index (χ0n) is 24.1. The maximum atomic E-state index is 14.4. The molecule has 0 aliphatic carbocycles. The highest BCUT2D eigenvalue weighted by atomic mass is 16.5. The lowest BCUT2D eigenvalue weighted by Gasteiger charge is -2.39. The summed E-state index contributed by atoms with van der Waals surface area (Å²) in [4.78, 5) is 44.1. The van der Waals surface area contributed by atoms with Crippen molar-refractivity contribution in [3.05, 3.63) is 65.2 Å². The molecule has 3 fully saturated rings. The van der Waals surface area contributed by atoms with Crippen LogP contribution in [-0.2, 0) is 25.7 Å². The summed E-state index contributed by atoms with van der Waals surface area (Å²) in [5.41, 5.74) is 1.54. The van der Waals surface area contributed by atoms with Crippen LogP contribution in [0.5, 0.6) is 0 Å². The molecule has 0 aromatic heterocycles. The predicted octanol–water partition coefficient (Wildman–Crippen LogP) is 3.73. The third-order valence-electron chi connectivity index (χ3n) is 9.50. The zero-order valence-corrected chi connectivity index (χ0v) is 24.1. The van der Waals surface area contributed by atoms with Gasteiger partial charge in [-0.05, 0) is 55.7 Å². The molecule has 0 saturated carbocycles. The van der Waals surface area contributed by atoms with Gasteiger partial charge in [-0.2, -0.15) is 0 Å². The number of para-hydroxylation sites is 1. The fraction of sp³-hybridized carbons (Fsp3) is 0.531. The molecule has 3 aliphatic heterocycles. The molecule has 8 nitrogen and oxygen atoms in total. The number of aryl methyl sites for hydroxylation is 2. The number of hydrogen-bond donors (Lipinski definition) is 3. The Kier molecular flexibility index (Phi) is 7.52. The van der Waals surface area contributed by atoms with Gasteiger partial charge in [-0.3, -0.25) is 14.4 Å². The normalized spacial score (nSPS) is 29.5. The van der Waals surface area contributed by atoms with E-state index in [0.29, 0.717) is 31.5 Å². The summed E-state index contributed by atoms with van der Waals surface area (Å²) in [7, 11) is 0. The monoisotopic (exact) mass is 547 g/mol. The summed E-state index contributed by atoms with van der Waals surface area (Å²) in [5.74, 6) is -2.50. The average Bonchev–Trinajstić information content (AvgIpc) is 3.54. The van der Waals surface area contributed by atoms with E-state index in [4.69, 9.17) is 4.74 Å². The molecular formula is C32H41N3O5. The van der Waals surface area contributed by atoms with Crippen LogP contribution < -0.4 is 10.6 Å². The molecule has 40 heavy (non-hydrogen) atoms. The number of hydrogen-bond acceptors (Lipinski definition) is 5. The minimum Gasteiger partial charge on any atom is -0.394 e. The largest absolute Gasteiger partial charge is 0.394 e. The minimum atomic E-state index is -1.15. The molecule has 2 aromatic rings. The first-order chi connectivity index (χ1) is 19.1. The molecule has 3 aliphatic rings. The predicted molar refractivity (Wildman–Crippen MR) is 152 cm³/mol. The molecule has 1 spiro atoms. The molecule has 0 radical (unpaired) electrons. The van der Waals surface area contributed by atoms with Crippen LogP contribution in [0.15, 0.2) is 48.5 Å². The van der Waals surface area contributed by atoms with Crippen molar-refractivity contribution in [3.8, 4) is 0 Å². The van der Waals surface area contributed by atoms with Crippen molar-refractivity contribution in [3.63, 3.8) is 0 Å². The summed E-state index contributed by atoms with van der Waals surface area (Å²) < 4.78 is 6.85. The summed E-state index contributed by atoms with van der Waals surface area (Å²) in [6, 6.07) is 13.9. The van der Waals surface area contributed by atoms with Crippen molar-refractivity contribution in [1.29, 1.82) is 0 Å². The number of nitrogens with one attached hydrogen (secondary N) is 2. The number of benzene rings is 2. The van der Waals surface area contributed by atoms with Gasteiger partial charge >= 0.3 is 0 Å². The third kappa shape index (κ3) is 4.32. The summed E-state index contributed by atoms with van der Waals surface area (Å²) >= 11 is 0. The van der Waals surface area contributed by atoms with Crippen molar-refractivity contribution in [2.45, 2.75) is 83.7 Å². The second-order valence-electron chi connectivity index (χ2n) is 12.0. The maximum Gasteiger partial charge on any atom is 0.250 e. The van der Waals surface area contributed by atoms with E-state index in [2.05, 4.69) is 10.6 Å². The van der Waals surface area contributed by atoms with Crippen LogP contribution in [0.4, 0.5) is 5.69 Å². The Hall–Kier alpha value is -3.23. The Morgan fingerprint density at radius 1 is 1.05 bits per heavy atom. The molecule has 2 unspecified atom stereocenters. The van der Waals surface area contributed by atoms with Gasteiger partial charge < -0.3 is 25.4 Å². The fourth-order valence-electron chi connectivity index (χ4n) is 7.43. The highest BCUT2D eigenvalue weighted by molar-refractivity contribution is 6.04. The average molecular weight is 548 g/mol. The standard InChI is InChI=1S/C32H41N3O5/c1-6-31-15-16-32(40-31)25(24(31)28(37)33-17-22-13-8-7-9-14-22)30(39)35(23(18-36)19(2)3)27(32)29(38)34-26-20(4)11-10-12-21(26)5/h7-14,19,23-25,27,36H,6,15-18H2,1-5H3,(H,33,37)(H,34,38)/t23-,24-,25-,27?,31+,32?/m0/s1. The number of aliphatic hydroxyl groups excluding tert-OH is 1. The number of carbonyl (C=O) groups excluding carboxylic acids is 3. The second kappa shape index (κ2) is 10.6. The van der Waals surface area contributed by atoms with Gasteiger partial charge in [0.25, 0.3) is 0 Å². The lowest BCUT2D eigenvalue weighted by molar-refractivity contribution is -0.150. The van der Waals surface area contributed by atoms with Gasteiger partial charge in [-0.1, -0.05) is 69.3 Å². The Morgan fingerprint density at radius 3 is 2.33 bits per heavy atom. The number of likely N-dealkylation sites (tertiary alicyclic amines) is 1. The molecule has 5 rings (SSSR count). The quantitative estimate of drug-likeness (QED) is 0.444. The number of carbonyl (C=O) groups is 3. The van der Waals surface area contributed by atoms with E-state index in [1.807, 2.05) is 83.1 Å². The van der Waals surface area contributed by atoms with Crippen molar-refractivity contribution < 1.29 is 24.2 Å². The van der Waals surface area contributed by atoms with Crippen LogP contribution in [0.1, 0.15) is 56.7 Å². The number of aliphatic hydroxyl groups is 1. The topological polar surface area (TPSA) is 108 Å². The zero-order chi connectivity index (χ0) is 28.8. The van der Waals surface area contributed by atoms with Crippen molar-refractivity contribution in [2.75, 3.05) is 11.9 Å². The Balaban J connectivity index is 1.55. The van der Waals surface area contributed by atoms with Crippen LogP contribution in [0.3, 0.4) is 0 Å². The lowest BCUT2D eigenvalue weighted by Crippen LogP contribution is -2.57. The molecule has 6 atom stereocenters. The first kappa shape index (κ1) is 28.3. The van der Waals surface area contributed by atoms with Crippen LogP contribution in [-0.4, -0.2) is 57.6 Å². The van der Waals surface area contributed by atoms with Gasteiger partial charge in [0, 0.05) is 12.2 Å². The van der Waals surface area contributed by atoms with Gasteiger partial charge in [0.1, 0.15) is 11.6 Å². The number of amides is 3. The highest BCUT2D eigenvalue weighted by Gasteiger charge is 2.79. The van der Waals surface area contributed by atoms with Crippen molar-refractivity contribution in [1.82, 2.24) is 10.2 Å². The third-order valence-corrected chi connectivity index (χ3v) is 9.50. The minimum absolute atomic E-state index is 0.109. The van der Waals surface area contributed by atoms with E-state index in [9.17, 15) is 19.5 Å². The van der Waals surface area contributed by atoms with Gasteiger partial charge in [0.15, 0.2) is 0 Å². The Labute approximate surface area is 236 Å². The van der Waals surface area contributed by atoms with Crippen LogP contribution in [0.25, 0.3) is 0 Å². The van der Waals surface area contributed by atoms with Crippen molar-refractivity contribution in [2.24, 2.45) is 17.8 Å². The summed E-state index contributed by atoms with van der Waals surface area (Å²) in [5, 5.41) is 16.6. The number of fused-ring (bicyclic) bond motifs is 1. The number of rotatable bonds is 9. The molecule has 3 N–H and O–H groups in total. The summed E-state index contributed by atoms with van der Waals surface area (Å²) in [6.07, 6.45) is 1.64. The molecule has 3 amide bonds. The number of nitrogens with zero attached hydrogens (tertiary/aromatic N) is 1. The van der Waals surface area contributed by atoms with E-state index in [-0.39, 0.29) is 30.2 Å². The highest BCUT2D eigenvalue weighted by Crippen LogP contribution is 2.64. The molecule has 214 valence electrons. The second-order valence-corrected chi connectivity index (χ2v) is 12.0. The van der Waals surface area contributed by atoms with Gasteiger partial charge in [-0.15, -0.1) is 0 Å². The first-order valence-electron chi connectivity index (χ1n) is 14.4. The fourth-order valence-corrected chi connectivity index (χ4v) is 7.43. The van der Waals surface area contributed by atoms with Gasteiger partial charge in [0.2, 0.25) is 17.7 Å². The SMILES string of the molecule is CC[C@]12CCC3(O1)C(C(=O)Nc1c(C)cccc1C)N([C@@H](CO)C(C)C)C(=O)[C@@H]3[C@H]2C(=O)NCc1ccccc1. The molecule has 3 saturated heterocycles. The van der Waals surface area contributed by atoms with Crippen LogP contribution in [0.2, 0.25) is 0 Å². The molecule has 3 heterocycles. The van der Waals surface area contributed by atoms with Gasteiger partial charge in [0.05, 0.1) is 30.1 Å². The Morgan fingerprint density at radius 2 is 1.73 bits per heavy atom. The molecular weight excluding hydrogens is 506 g/mol. The number of anilines is 1. The smallest absolute Gasteiger partial charge is 0.250 e. The summed E-state index contributed by atoms with van der Waals surface area (Å²) in [6.45, 7) is 9.76. The van der Waals surface area contributed by atoms with E-state index < -0.39 is 35.1 Å². The van der Waals surface area contributed by atoms with E-state index in [1.54, 1.807) is 4.90 Å².